The largest absolute Gasteiger partial charge is 0.355 e. The molecule has 1 radical (unpaired) electrons. The highest BCUT2D eigenvalue weighted by Gasteiger charge is 2.32. The fraction of sp³-hybridized carbons (Fsp3) is 0.194. The van der Waals surface area contributed by atoms with Gasteiger partial charge in [-0.3, -0.25) is 0 Å². The molecule has 1 aliphatic heterocycles. The van der Waals surface area contributed by atoms with E-state index in [0.29, 0.717) is 0 Å². The maximum absolute atomic E-state index is 4.06. The Bertz CT molecular complexity index is 4060. The highest BCUT2D eigenvalue weighted by atomic mass is 32.1. The Labute approximate surface area is 411 Å². The maximum atomic E-state index is 4.06. The Kier molecular flexibility index (Phi) is 9.05. The van der Waals surface area contributed by atoms with Crippen molar-refractivity contribution in [3.63, 3.8) is 0 Å². The van der Waals surface area contributed by atoms with Crippen molar-refractivity contribution in [1.82, 2.24) is 4.57 Å². The van der Waals surface area contributed by atoms with Gasteiger partial charge in [0.15, 0.2) is 7.28 Å². The molecular weight excluding hydrogens is 880 g/mol. The van der Waals surface area contributed by atoms with E-state index in [1.54, 1.807) is 0 Å². The van der Waals surface area contributed by atoms with Crippen molar-refractivity contribution in [3.8, 4) is 27.3 Å². The quantitative estimate of drug-likeness (QED) is 0.174. The van der Waals surface area contributed by atoms with Crippen LogP contribution in [0.5, 0.6) is 0 Å². The van der Waals surface area contributed by atoms with Crippen LogP contribution in [0.15, 0.2) is 146 Å². The minimum absolute atomic E-state index is 0.0108. The standard InChI is InChI=1S/C62H52BN2S3/c1-60(2,3)36-19-23-39(24-20-36)64-46-32-53-42(41-29-38(62(7,8)9)22-26-50(41)66-53)31-43(46)54-55-40-17-13-14-18-49(40)68-59(55)56-44-30-37(61(4,5)6)21-25-47(44)65-48-33-52-35(27-45(48)63-57(54)58(56)65)28-51(67-52)34-15-11-10-12-16-34/h10-33,64H,1-9H3. The molecule has 1 N–H and O–H groups in total. The first kappa shape index (κ1) is 42.0. The van der Waals surface area contributed by atoms with Crippen LogP contribution in [0, 0.1) is 0 Å². The first-order chi connectivity index (χ1) is 32.6. The summed E-state index contributed by atoms with van der Waals surface area (Å²) in [6.45, 7) is 20.8. The van der Waals surface area contributed by atoms with Crippen molar-refractivity contribution >= 4 is 136 Å². The van der Waals surface area contributed by atoms with Crippen LogP contribution in [0.4, 0.5) is 11.4 Å². The van der Waals surface area contributed by atoms with Gasteiger partial charge in [-0.15, -0.1) is 34.0 Å². The van der Waals surface area contributed by atoms with E-state index in [1.165, 1.54) is 127 Å². The molecule has 331 valence electrons. The van der Waals surface area contributed by atoms with Crippen molar-refractivity contribution in [2.75, 3.05) is 5.32 Å². The van der Waals surface area contributed by atoms with Gasteiger partial charge in [-0.1, -0.05) is 147 Å². The highest BCUT2D eigenvalue weighted by Crippen LogP contribution is 2.51. The van der Waals surface area contributed by atoms with Gasteiger partial charge < -0.3 is 9.88 Å². The number of hydrogen-bond acceptors (Lipinski definition) is 4. The van der Waals surface area contributed by atoms with Crippen LogP contribution in [0.1, 0.15) is 79.0 Å². The molecule has 1 aliphatic rings. The molecule has 0 bridgehead atoms. The Morgan fingerprint density at radius 3 is 1.91 bits per heavy atom. The first-order valence-electron chi connectivity index (χ1n) is 23.9. The van der Waals surface area contributed by atoms with E-state index in [4.69, 9.17) is 0 Å². The molecule has 6 heteroatoms. The summed E-state index contributed by atoms with van der Waals surface area (Å²) in [6, 6.07) is 55.8. The lowest BCUT2D eigenvalue weighted by atomic mass is 9.58. The van der Waals surface area contributed by atoms with E-state index in [-0.39, 0.29) is 16.2 Å². The lowest BCUT2D eigenvalue weighted by molar-refractivity contribution is 0.590. The number of nitrogens with zero attached hydrogens (tertiary/aromatic N) is 1. The predicted octanol–water partition coefficient (Wildman–Crippen LogP) is 17.7. The summed E-state index contributed by atoms with van der Waals surface area (Å²) in [5.74, 6) is 0. The Hall–Kier alpha value is -6.18. The monoisotopic (exact) mass is 931 g/mol. The Morgan fingerprint density at radius 1 is 0.500 bits per heavy atom. The van der Waals surface area contributed by atoms with Crippen molar-refractivity contribution in [2.24, 2.45) is 0 Å². The van der Waals surface area contributed by atoms with Crippen molar-refractivity contribution in [2.45, 2.75) is 78.6 Å². The van der Waals surface area contributed by atoms with E-state index in [2.05, 4.69) is 225 Å². The number of anilines is 2. The SMILES string of the molecule is CC(C)(C)c1ccc(Nc2cc3sc4ccc(C(C)(C)C)cc4c3cc2-c2c3c4c(c5cc(C(C)(C)C)ccc5n4-c4cc5sc(-c6ccccc6)cc5cc4[B]3)c3sc4ccccc4c23)cc1. The molecule has 0 atom stereocenters. The van der Waals surface area contributed by atoms with Crippen molar-refractivity contribution in [1.29, 1.82) is 0 Å². The molecule has 0 saturated heterocycles. The van der Waals surface area contributed by atoms with Gasteiger partial charge in [0.05, 0.1) is 11.0 Å². The first-order valence-corrected chi connectivity index (χ1v) is 26.3. The molecule has 2 nitrogen and oxygen atoms in total. The molecule has 0 spiro atoms. The zero-order valence-corrected chi connectivity index (χ0v) is 42.6. The summed E-state index contributed by atoms with van der Waals surface area (Å²) in [4.78, 5) is 1.29. The summed E-state index contributed by atoms with van der Waals surface area (Å²) in [5.41, 5.74) is 16.4. The number of rotatable bonds is 4. The molecule has 0 amide bonds. The number of hydrogen-bond donors (Lipinski definition) is 1. The van der Waals surface area contributed by atoms with Crippen molar-refractivity contribution in [3.05, 3.63) is 162 Å². The third-order valence-corrected chi connectivity index (χ3v) is 17.9. The zero-order chi connectivity index (χ0) is 46.6. The molecular formula is C62H52BN2S3. The molecule has 13 rings (SSSR count). The van der Waals surface area contributed by atoms with Crippen LogP contribution in [-0.4, -0.2) is 11.8 Å². The normalized spacial score (nSPS) is 13.2. The van der Waals surface area contributed by atoms with Gasteiger partial charge in [0.1, 0.15) is 0 Å². The average Bonchev–Trinajstić information content (AvgIpc) is 4.08. The molecule has 0 unspecified atom stereocenters. The molecule has 68 heavy (non-hydrogen) atoms. The lowest BCUT2D eigenvalue weighted by Crippen LogP contribution is -2.37. The second-order valence-electron chi connectivity index (χ2n) is 22.1. The maximum Gasteiger partial charge on any atom is 0.197 e. The number of thiophene rings is 3. The molecule has 4 aromatic heterocycles. The van der Waals surface area contributed by atoms with Crippen LogP contribution >= 0.6 is 34.0 Å². The van der Waals surface area contributed by atoms with E-state index in [0.717, 1.165) is 11.4 Å². The van der Waals surface area contributed by atoms with Gasteiger partial charge in [-0.25, -0.2) is 0 Å². The van der Waals surface area contributed by atoms with Gasteiger partial charge in [0, 0.05) is 83.3 Å². The van der Waals surface area contributed by atoms with Gasteiger partial charge in [-0.05, 0) is 122 Å². The van der Waals surface area contributed by atoms with Gasteiger partial charge in [0.2, 0.25) is 0 Å². The smallest absolute Gasteiger partial charge is 0.197 e. The van der Waals surface area contributed by atoms with Crippen molar-refractivity contribution < 1.29 is 0 Å². The summed E-state index contributed by atoms with van der Waals surface area (Å²) in [5, 5.41) is 13.3. The molecule has 0 fully saturated rings. The molecule has 12 aromatic rings. The minimum Gasteiger partial charge on any atom is -0.355 e. The lowest BCUT2D eigenvalue weighted by Gasteiger charge is -2.25. The van der Waals surface area contributed by atoms with Gasteiger partial charge in [0.25, 0.3) is 0 Å². The number of aromatic nitrogens is 1. The number of benzene rings is 8. The predicted molar refractivity (Wildman–Crippen MR) is 304 cm³/mol. The summed E-state index contributed by atoms with van der Waals surface area (Å²) < 4.78 is 9.20. The molecule has 5 heterocycles. The third-order valence-electron chi connectivity index (χ3n) is 14.5. The second-order valence-corrected chi connectivity index (χ2v) is 25.3. The minimum atomic E-state index is -0.0108. The van der Waals surface area contributed by atoms with Crippen LogP contribution < -0.4 is 16.2 Å². The van der Waals surface area contributed by atoms with Crippen LogP contribution in [0.3, 0.4) is 0 Å². The Morgan fingerprint density at radius 2 is 1.16 bits per heavy atom. The average molecular weight is 932 g/mol. The van der Waals surface area contributed by atoms with Crippen LogP contribution in [0.2, 0.25) is 0 Å². The summed E-state index contributed by atoms with van der Waals surface area (Å²) in [7, 11) is 2.54. The molecule has 8 aromatic carbocycles. The van der Waals surface area contributed by atoms with E-state index in [1.807, 2.05) is 34.0 Å². The Balaban J connectivity index is 1.18. The van der Waals surface area contributed by atoms with Gasteiger partial charge in [-0.2, -0.15) is 0 Å². The highest BCUT2D eigenvalue weighted by molar-refractivity contribution is 7.27. The fourth-order valence-corrected chi connectivity index (χ4v) is 14.2. The van der Waals surface area contributed by atoms with E-state index in [9.17, 15) is 0 Å². The molecule has 0 saturated carbocycles. The second kappa shape index (κ2) is 14.7. The van der Waals surface area contributed by atoms with Crippen LogP contribution in [-0.2, 0) is 16.2 Å². The zero-order valence-electron chi connectivity index (χ0n) is 40.1. The molecule has 0 aliphatic carbocycles. The third kappa shape index (κ3) is 6.47. The van der Waals surface area contributed by atoms with E-state index >= 15 is 0 Å². The number of nitrogens with one attached hydrogen (secondary N) is 1. The van der Waals surface area contributed by atoms with Gasteiger partial charge >= 0.3 is 0 Å². The van der Waals surface area contributed by atoms with E-state index < -0.39 is 0 Å². The fourth-order valence-electron chi connectivity index (χ4n) is 10.7. The topological polar surface area (TPSA) is 17.0 Å². The van der Waals surface area contributed by atoms with Crippen LogP contribution in [0.25, 0.3) is 99.5 Å². The number of fused-ring (bicyclic) bond motifs is 13. The summed E-state index contributed by atoms with van der Waals surface area (Å²) in [6.07, 6.45) is 0. The summed E-state index contributed by atoms with van der Waals surface area (Å²) >= 11 is 5.74.